The van der Waals surface area contributed by atoms with E-state index in [1.54, 1.807) is 23.7 Å². The van der Waals surface area contributed by atoms with E-state index in [0.717, 1.165) is 4.47 Å². The molecule has 0 aliphatic carbocycles. The number of methoxy groups -OCH3 is 1. The van der Waals surface area contributed by atoms with Gasteiger partial charge >= 0.3 is 0 Å². The average molecular weight is 246 g/mol. The van der Waals surface area contributed by atoms with Crippen molar-refractivity contribution in [2.24, 2.45) is 0 Å². The number of carbonyl (C=O) groups excluding carboxylic acids is 1. The molecule has 0 atom stereocenters. The number of benzene rings is 1. The molecule has 0 bridgehead atoms. The monoisotopic (exact) mass is 245 g/mol. The van der Waals surface area contributed by atoms with E-state index in [4.69, 9.17) is 9.94 Å². The fraction of sp³-hybridized carbons (Fsp3) is 0.125. The first-order valence-corrected chi connectivity index (χ1v) is 4.26. The topological polar surface area (TPSA) is 58.6 Å². The minimum atomic E-state index is -0.593. The van der Waals surface area contributed by atoms with Gasteiger partial charge in [0.2, 0.25) is 0 Å². The number of hydrogen-bond donors (Lipinski definition) is 2. The fourth-order valence-corrected chi connectivity index (χ4v) is 1.25. The van der Waals surface area contributed by atoms with Crippen LogP contribution in [0.4, 0.5) is 0 Å². The summed E-state index contributed by atoms with van der Waals surface area (Å²) < 4.78 is 5.75. The van der Waals surface area contributed by atoms with Gasteiger partial charge in [-0.15, -0.1) is 0 Å². The van der Waals surface area contributed by atoms with Crippen LogP contribution in [0, 0.1) is 0 Å². The van der Waals surface area contributed by atoms with Gasteiger partial charge in [0.1, 0.15) is 5.75 Å². The molecule has 0 aromatic heterocycles. The lowest BCUT2D eigenvalue weighted by molar-refractivity contribution is 0.0703. The van der Waals surface area contributed by atoms with E-state index < -0.39 is 5.91 Å². The molecule has 0 radical (unpaired) electrons. The van der Waals surface area contributed by atoms with Crippen LogP contribution in [0.1, 0.15) is 10.4 Å². The number of carbonyl (C=O) groups is 1. The van der Waals surface area contributed by atoms with E-state index in [1.807, 2.05) is 0 Å². The maximum absolute atomic E-state index is 11.0. The molecule has 4 nitrogen and oxygen atoms in total. The summed E-state index contributed by atoms with van der Waals surface area (Å²) in [5, 5.41) is 8.41. The molecule has 0 aliphatic rings. The molecule has 1 amide bonds. The van der Waals surface area contributed by atoms with Gasteiger partial charge in [-0.2, -0.15) is 0 Å². The molecule has 0 saturated carbocycles. The Bertz CT molecular complexity index is 327. The van der Waals surface area contributed by atoms with Crippen LogP contribution >= 0.6 is 15.9 Å². The number of hydrogen-bond acceptors (Lipinski definition) is 3. The summed E-state index contributed by atoms with van der Waals surface area (Å²) >= 11 is 3.23. The molecule has 2 N–H and O–H groups in total. The standard InChI is InChI=1S/C8H8BrNO3/c1-13-7-4-5(9)2-3-6(7)8(11)10-12/h2-4,12H,1H3,(H,10,11). The summed E-state index contributed by atoms with van der Waals surface area (Å²) in [6, 6.07) is 4.88. The lowest BCUT2D eigenvalue weighted by atomic mass is 10.2. The Morgan fingerprint density at radius 2 is 2.31 bits per heavy atom. The average Bonchev–Trinajstić information content (AvgIpc) is 2.16. The van der Waals surface area contributed by atoms with E-state index in [-0.39, 0.29) is 5.56 Å². The number of amides is 1. The largest absolute Gasteiger partial charge is 0.496 e. The maximum atomic E-state index is 11.0. The predicted octanol–water partition coefficient (Wildman–Crippen LogP) is 1.58. The Balaban J connectivity index is 3.13. The van der Waals surface area contributed by atoms with E-state index in [0.29, 0.717) is 5.75 Å². The van der Waals surface area contributed by atoms with Crippen molar-refractivity contribution in [3.05, 3.63) is 28.2 Å². The molecule has 0 heterocycles. The lowest BCUT2D eigenvalue weighted by Crippen LogP contribution is -2.19. The maximum Gasteiger partial charge on any atom is 0.278 e. The number of ether oxygens (including phenoxy) is 1. The Hall–Kier alpha value is -1.07. The summed E-state index contributed by atoms with van der Waals surface area (Å²) in [5.74, 6) is -0.190. The molecule has 0 aliphatic heterocycles. The van der Waals surface area contributed by atoms with Crippen LogP contribution in [0.3, 0.4) is 0 Å². The van der Waals surface area contributed by atoms with Crippen LogP contribution in [0.5, 0.6) is 5.75 Å². The third-order valence-electron chi connectivity index (χ3n) is 1.51. The van der Waals surface area contributed by atoms with Crippen LogP contribution in [0.2, 0.25) is 0 Å². The highest BCUT2D eigenvalue weighted by Crippen LogP contribution is 2.23. The molecule has 1 rings (SSSR count). The van der Waals surface area contributed by atoms with Gasteiger partial charge in [0.25, 0.3) is 5.91 Å². The van der Waals surface area contributed by atoms with Crippen molar-refractivity contribution in [3.8, 4) is 5.75 Å². The second kappa shape index (κ2) is 4.25. The molecule has 1 aromatic rings. The lowest BCUT2D eigenvalue weighted by Gasteiger charge is -2.06. The molecule has 5 heteroatoms. The van der Waals surface area contributed by atoms with Gasteiger partial charge in [-0.25, -0.2) is 5.48 Å². The zero-order valence-electron chi connectivity index (χ0n) is 6.87. The van der Waals surface area contributed by atoms with Crippen molar-refractivity contribution in [2.45, 2.75) is 0 Å². The van der Waals surface area contributed by atoms with E-state index in [2.05, 4.69) is 15.9 Å². The number of halogens is 1. The predicted molar refractivity (Wildman–Crippen MR) is 49.9 cm³/mol. The second-order valence-electron chi connectivity index (χ2n) is 2.29. The van der Waals surface area contributed by atoms with Gasteiger partial charge in [-0.05, 0) is 18.2 Å². The Kier molecular flexibility index (Phi) is 3.27. The molecule has 1 aromatic carbocycles. The van der Waals surface area contributed by atoms with E-state index in [9.17, 15) is 4.79 Å². The Morgan fingerprint density at radius 1 is 1.62 bits per heavy atom. The van der Waals surface area contributed by atoms with Crippen LogP contribution in [-0.4, -0.2) is 18.2 Å². The van der Waals surface area contributed by atoms with Crippen LogP contribution in [0.25, 0.3) is 0 Å². The van der Waals surface area contributed by atoms with E-state index >= 15 is 0 Å². The molecule has 0 spiro atoms. The summed E-state index contributed by atoms with van der Waals surface area (Å²) in [6.45, 7) is 0. The van der Waals surface area contributed by atoms with Gasteiger partial charge in [-0.1, -0.05) is 15.9 Å². The van der Waals surface area contributed by atoms with Crippen LogP contribution < -0.4 is 10.2 Å². The number of rotatable bonds is 2. The zero-order valence-corrected chi connectivity index (χ0v) is 8.46. The van der Waals surface area contributed by atoms with Crippen LogP contribution in [-0.2, 0) is 0 Å². The minimum absolute atomic E-state index is 0.285. The summed E-state index contributed by atoms with van der Waals surface area (Å²) in [6.07, 6.45) is 0. The molecule has 0 fully saturated rings. The minimum Gasteiger partial charge on any atom is -0.496 e. The smallest absolute Gasteiger partial charge is 0.278 e. The van der Waals surface area contributed by atoms with Gasteiger partial charge < -0.3 is 4.74 Å². The summed E-state index contributed by atoms with van der Waals surface area (Å²) in [7, 11) is 1.45. The molecule has 13 heavy (non-hydrogen) atoms. The van der Waals surface area contributed by atoms with Crippen molar-refractivity contribution in [3.63, 3.8) is 0 Å². The number of hydroxylamine groups is 1. The fourth-order valence-electron chi connectivity index (χ4n) is 0.913. The molecular formula is C8H8BrNO3. The molecule has 0 saturated heterocycles. The number of nitrogens with one attached hydrogen (secondary N) is 1. The quantitative estimate of drug-likeness (QED) is 0.615. The van der Waals surface area contributed by atoms with Gasteiger partial charge in [0, 0.05) is 4.47 Å². The van der Waals surface area contributed by atoms with Crippen molar-refractivity contribution in [1.29, 1.82) is 0 Å². The van der Waals surface area contributed by atoms with Gasteiger partial charge in [0.15, 0.2) is 0 Å². The van der Waals surface area contributed by atoms with Crippen LogP contribution in [0.15, 0.2) is 22.7 Å². The highest BCUT2D eigenvalue weighted by atomic mass is 79.9. The molecular weight excluding hydrogens is 238 g/mol. The Labute approximate surface area is 83.6 Å². The SMILES string of the molecule is COc1cc(Br)ccc1C(=O)NO. The van der Waals surface area contributed by atoms with Gasteiger partial charge in [-0.3, -0.25) is 10.0 Å². The van der Waals surface area contributed by atoms with Crippen molar-refractivity contribution in [1.82, 2.24) is 5.48 Å². The van der Waals surface area contributed by atoms with Crippen molar-refractivity contribution in [2.75, 3.05) is 7.11 Å². The zero-order chi connectivity index (χ0) is 9.84. The first kappa shape index (κ1) is 10.0. The first-order valence-electron chi connectivity index (χ1n) is 3.47. The highest BCUT2D eigenvalue weighted by molar-refractivity contribution is 9.10. The summed E-state index contributed by atoms with van der Waals surface area (Å²) in [4.78, 5) is 11.0. The van der Waals surface area contributed by atoms with E-state index in [1.165, 1.54) is 7.11 Å². The summed E-state index contributed by atoms with van der Waals surface area (Å²) in [5.41, 5.74) is 1.83. The Morgan fingerprint density at radius 3 is 2.85 bits per heavy atom. The van der Waals surface area contributed by atoms with Crippen molar-refractivity contribution >= 4 is 21.8 Å². The molecule has 0 unspecified atom stereocenters. The third kappa shape index (κ3) is 2.19. The third-order valence-corrected chi connectivity index (χ3v) is 2.00. The molecule has 70 valence electrons. The van der Waals surface area contributed by atoms with Crippen molar-refractivity contribution < 1.29 is 14.7 Å². The highest BCUT2D eigenvalue weighted by Gasteiger charge is 2.10. The first-order chi connectivity index (χ1) is 6.19. The normalized spacial score (nSPS) is 9.46. The second-order valence-corrected chi connectivity index (χ2v) is 3.20. The van der Waals surface area contributed by atoms with Gasteiger partial charge in [0.05, 0.1) is 12.7 Å².